The zero-order valence-corrected chi connectivity index (χ0v) is 11.1. The second kappa shape index (κ2) is 7.67. The van der Waals surface area contributed by atoms with Crippen LogP contribution in [0.15, 0.2) is 0 Å². The number of carbonyl (C=O) groups excluding carboxylic acids is 1. The Kier molecular flexibility index (Phi) is 6.52. The molecule has 0 aromatic heterocycles. The number of ether oxygens (including phenoxy) is 3. The smallest absolute Gasteiger partial charge is 0.308 e. The summed E-state index contributed by atoms with van der Waals surface area (Å²) in [6, 6.07) is 0. The summed E-state index contributed by atoms with van der Waals surface area (Å²) in [7, 11) is 1.58. The van der Waals surface area contributed by atoms with Crippen molar-refractivity contribution in [2.75, 3.05) is 13.7 Å². The van der Waals surface area contributed by atoms with Crippen molar-refractivity contribution in [3.63, 3.8) is 0 Å². The van der Waals surface area contributed by atoms with Gasteiger partial charge in [0.05, 0.1) is 13.0 Å². The van der Waals surface area contributed by atoms with E-state index in [4.69, 9.17) is 14.2 Å². The summed E-state index contributed by atoms with van der Waals surface area (Å²) in [4.78, 5) is 11.5. The topological polar surface area (TPSA) is 44.8 Å². The number of esters is 1. The molecule has 1 fully saturated rings. The predicted molar refractivity (Wildman–Crippen MR) is 64.6 cm³/mol. The molecule has 4 nitrogen and oxygen atoms in total. The number of methoxy groups -OCH3 is 1. The lowest BCUT2D eigenvalue weighted by Crippen LogP contribution is -2.24. The van der Waals surface area contributed by atoms with Crippen molar-refractivity contribution in [3.8, 4) is 0 Å². The number of hydrogen-bond acceptors (Lipinski definition) is 4. The molecule has 17 heavy (non-hydrogen) atoms. The van der Waals surface area contributed by atoms with E-state index in [1.54, 1.807) is 14.0 Å². The highest BCUT2D eigenvalue weighted by Crippen LogP contribution is 2.25. The molecule has 0 amide bonds. The minimum absolute atomic E-state index is 0.124. The molecule has 0 bridgehead atoms. The van der Waals surface area contributed by atoms with Crippen LogP contribution in [0.25, 0.3) is 0 Å². The van der Waals surface area contributed by atoms with Crippen LogP contribution >= 0.6 is 0 Å². The highest BCUT2D eigenvalue weighted by atomic mass is 16.7. The molecule has 1 saturated carbocycles. The van der Waals surface area contributed by atoms with Crippen molar-refractivity contribution in [1.82, 2.24) is 0 Å². The molecule has 0 N–H and O–H groups in total. The molecule has 0 aliphatic heterocycles. The first-order valence-corrected chi connectivity index (χ1v) is 6.45. The summed E-state index contributed by atoms with van der Waals surface area (Å²) in [5.41, 5.74) is 0. The third-order valence-corrected chi connectivity index (χ3v) is 3.25. The zero-order valence-electron chi connectivity index (χ0n) is 11.1. The number of hydrogen-bond donors (Lipinski definition) is 0. The van der Waals surface area contributed by atoms with Crippen LogP contribution < -0.4 is 0 Å². The van der Waals surface area contributed by atoms with Gasteiger partial charge in [-0.05, 0) is 38.5 Å². The van der Waals surface area contributed by atoms with Gasteiger partial charge in [-0.3, -0.25) is 4.79 Å². The maximum atomic E-state index is 11.5. The van der Waals surface area contributed by atoms with Gasteiger partial charge in [0.1, 0.15) is 6.10 Å². The molecule has 0 radical (unpaired) electrons. The summed E-state index contributed by atoms with van der Waals surface area (Å²) in [6.07, 6.45) is 4.49. The Balaban J connectivity index is 2.08. The van der Waals surface area contributed by atoms with Crippen LogP contribution in [-0.4, -0.2) is 32.1 Å². The van der Waals surface area contributed by atoms with Gasteiger partial charge in [0.2, 0.25) is 0 Å². The summed E-state index contributed by atoms with van der Waals surface area (Å²) in [6.45, 7) is 4.41. The number of rotatable bonds is 6. The Hall–Kier alpha value is -0.610. The minimum atomic E-state index is -0.265. The third-order valence-electron chi connectivity index (χ3n) is 3.25. The molecule has 0 aromatic rings. The minimum Gasteiger partial charge on any atom is -0.462 e. The highest BCUT2D eigenvalue weighted by Gasteiger charge is 2.21. The summed E-state index contributed by atoms with van der Waals surface area (Å²) in [5.74, 6) is 0.615. The average Bonchev–Trinajstić information content (AvgIpc) is 2.32. The van der Waals surface area contributed by atoms with E-state index in [9.17, 15) is 4.79 Å². The average molecular weight is 244 g/mol. The molecule has 0 heterocycles. The van der Waals surface area contributed by atoms with E-state index in [2.05, 4.69) is 6.92 Å². The van der Waals surface area contributed by atoms with Gasteiger partial charge in [0.25, 0.3) is 0 Å². The summed E-state index contributed by atoms with van der Waals surface area (Å²) in [5, 5.41) is 0. The lowest BCUT2D eigenvalue weighted by atomic mass is 9.89. The highest BCUT2D eigenvalue weighted by molar-refractivity contribution is 5.69. The van der Waals surface area contributed by atoms with Crippen LogP contribution in [0.3, 0.4) is 0 Å². The van der Waals surface area contributed by atoms with E-state index in [1.807, 2.05) is 0 Å². The Bertz CT molecular complexity index is 221. The fourth-order valence-electron chi connectivity index (χ4n) is 1.97. The van der Waals surface area contributed by atoms with E-state index in [0.29, 0.717) is 13.0 Å². The van der Waals surface area contributed by atoms with Gasteiger partial charge in [-0.2, -0.15) is 0 Å². The van der Waals surface area contributed by atoms with Crippen LogP contribution in [0.1, 0.15) is 46.0 Å². The van der Waals surface area contributed by atoms with Crippen LogP contribution in [0, 0.1) is 5.92 Å². The fourth-order valence-corrected chi connectivity index (χ4v) is 1.97. The van der Waals surface area contributed by atoms with Crippen molar-refractivity contribution in [1.29, 1.82) is 0 Å². The molecule has 1 unspecified atom stereocenters. The van der Waals surface area contributed by atoms with Gasteiger partial charge in [0, 0.05) is 7.11 Å². The molecule has 100 valence electrons. The monoisotopic (exact) mass is 244 g/mol. The van der Waals surface area contributed by atoms with Crippen molar-refractivity contribution in [2.24, 2.45) is 5.92 Å². The maximum absolute atomic E-state index is 11.5. The number of carbonyl (C=O) groups is 1. The van der Waals surface area contributed by atoms with E-state index in [1.165, 1.54) is 0 Å². The fraction of sp³-hybridized carbons (Fsp3) is 0.923. The van der Waals surface area contributed by atoms with Crippen LogP contribution in [0.2, 0.25) is 0 Å². The van der Waals surface area contributed by atoms with E-state index >= 15 is 0 Å². The SMILES string of the molecule is COC(C)OCCC(=O)OC1CCC(C)CC1. The van der Waals surface area contributed by atoms with Crippen LogP contribution in [0.5, 0.6) is 0 Å². The lowest BCUT2D eigenvalue weighted by molar-refractivity contribution is -0.156. The first kappa shape index (κ1) is 14.5. The standard InChI is InChI=1S/C13H24O4/c1-10-4-6-12(7-5-10)17-13(14)8-9-16-11(2)15-3/h10-12H,4-9H2,1-3H3. The normalized spacial score (nSPS) is 26.5. The second-order valence-corrected chi connectivity index (χ2v) is 4.80. The first-order chi connectivity index (χ1) is 8.11. The molecule has 1 atom stereocenters. The van der Waals surface area contributed by atoms with Gasteiger partial charge in [-0.1, -0.05) is 6.92 Å². The first-order valence-electron chi connectivity index (χ1n) is 6.45. The summed E-state index contributed by atoms with van der Waals surface area (Å²) >= 11 is 0. The van der Waals surface area contributed by atoms with E-state index in [0.717, 1.165) is 31.6 Å². The molecular formula is C13H24O4. The molecule has 0 spiro atoms. The largest absolute Gasteiger partial charge is 0.462 e. The second-order valence-electron chi connectivity index (χ2n) is 4.80. The molecule has 1 aliphatic rings. The lowest BCUT2D eigenvalue weighted by Gasteiger charge is -2.26. The summed E-state index contributed by atoms with van der Waals surface area (Å²) < 4.78 is 15.6. The van der Waals surface area contributed by atoms with E-state index in [-0.39, 0.29) is 18.4 Å². The quantitative estimate of drug-likeness (QED) is 0.532. The van der Waals surface area contributed by atoms with Crippen molar-refractivity contribution in [2.45, 2.75) is 58.3 Å². The van der Waals surface area contributed by atoms with Crippen molar-refractivity contribution in [3.05, 3.63) is 0 Å². The van der Waals surface area contributed by atoms with Crippen molar-refractivity contribution >= 4 is 5.97 Å². The van der Waals surface area contributed by atoms with Crippen LogP contribution in [-0.2, 0) is 19.0 Å². The Morgan fingerprint density at radius 1 is 1.29 bits per heavy atom. The molecular weight excluding hydrogens is 220 g/mol. The van der Waals surface area contributed by atoms with E-state index < -0.39 is 0 Å². The molecule has 1 rings (SSSR count). The van der Waals surface area contributed by atoms with Gasteiger partial charge in [-0.25, -0.2) is 0 Å². The van der Waals surface area contributed by atoms with Gasteiger partial charge in [0.15, 0.2) is 6.29 Å². The molecule has 0 aromatic carbocycles. The van der Waals surface area contributed by atoms with Gasteiger partial charge >= 0.3 is 5.97 Å². The maximum Gasteiger partial charge on any atom is 0.308 e. The Morgan fingerprint density at radius 2 is 1.94 bits per heavy atom. The zero-order chi connectivity index (χ0) is 12.7. The van der Waals surface area contributed by atoms with Crippen molar-refractivity contribution < 1.29 is 19.0 Å². The van der Waals surface area contributed by atoms with Gasteiger partial charge < -0.3 is 14.2 Å². The van der Waals surface area contributed by atoms with Gasteiger partial charge in [-0.15, -0.1) is 0 Å². The Morgan fingerprint density at radius 3 is 2.53 bits per heavy atom. The molecule has 0 saturated heterocycles. The molecule has 4 heteroatoms. The van der Waals surface area contributed by atoms with Crippen LogP contribution in [0.4, 0.5) is 0 Å². The predicted octanol–water partition coefficient (Wildman–Crippen LogP) is 2.51. The molecule has 1 aliphatic carbocycles. The third kappa shape index (κ3) is 6.03. The Labute approximate surface area is 104 Å².